The van der Waals surface area contributed by atoms with Gasteiger partial charge in [-0.1, -0.05) is 20.8 Å². The van der Waals surface area contributed by atoms with Gasteiger partial charge in [0, 0.05) is 5.19 Å². The second-order valence-electron chi connectivity index (χ2n) is 4.53. The highest BCUT2D eigenvalue weighted by Crippen LogP contribution is 2.37. The van der Waals surface area contributed by atoms with Crippen molar-refractivity contribution in [3.05, 3.63) is 11.6 Å². The summed E-state index contributed by atoms with van der Waals surface area (Å²) in [5.74, 6) is -1.31. The van der Waals surface area contributed by atoms with Crippen LogP contribution < -0.4 is 5.19 Å². The minimum absolute atomic E-state index is 0.298. The summed E-state index contributed by atoms with van der Waals surface area (Å²) in [6.07, 6.45) is 0. The zero-order chi connectivity index (χ0) is 11.8. The molecule has 4 nitrogen and oxygen atoms in total. The summed E-state index contributed by atoms with van der Waals surface area (Å²) in [7, 11) is -1.60. The van der Waals surface area contributed by atoms with Crippen molar-refractivity contribution >= 4 is 14.9 Å². The van der Waals surface area contributed by atoms with Crippen molar-refractivity contribution in [3.8, 4) is 17.2 Å². The van der Waals surface area contributed by atoms with Gasteiger partial charge in [0.25, 0.3) is 0 Å². The largest absolute Gasteiger partial charge is 0.504 e. The molecule has 0 heterocycles. The van der Waals surface area contributed by atoms with E-state index in [4.69, 9.17) is 0 Å². The number of aromatic hydroxyl groups is 3. The van der Waals surface area contributed by atoms with Gasteiger partial charge in [-0.15, -0.1) is 0 Å². The molecule has 0 radical (unpaired) electrons. The van der Waals surface area contributed by atoms with Crippen molar-refractivity contribution in [2.45, 2.75) is 26.2 Å². The monoisotopic (exact) mass is 228 g/mol. The van der Waals surface area contributed by atoms with Crippen molar-refractivity contribution in [1.29, 1.82) is 0 Å². The molecular weight excluding hydrogens is 212 g/mol. The lowest BCUT2D eigenvalue weighted by Gasteiger charge is -2.23. The van der Waals surface area contributed by atoms with Crippen LogP contribution in [0.4, 0.5) is 0 Å². The smallest absolute Gasteiger partial charge is 0.200 e. The zero-order valence-electron chi connectivity index (χ0n) is 9.07. The minimum Gasteiger partial charge on any atom is -0.504 e. The fourth-order valence-electron chi connectivity index (χ4n) is 1.51. The first-order chi connectivity index (χ1) is 6.79. The molecule has 4 N–H and O–H groups in total. The van der Waals surface area contributed by atoms with E-state index < -0.39 is 21.3 Å². The quantitative estimate of drug-likeness (QED) is 0.396. The van der Waals surface area contributed by atoms with Gasteiger partial charge in [-0.05, 0) is 17.0 Å². The van der Waals surface area contributed by atoms with Crippen molar-refractivity contribution in [2.24, 2.45) is 0 Å². The van der Waals surface area contributed by atoms with Crippen LogP contribution >= 0.6 is 0 Å². The highest BCUT2D eigenvalue weighted by Gasteiger charge is 2.24. The molecule has 0 saturated heterocycles. The third-order valence-corrected chi connectivity index (χ3v) is 3.36. The molecule has 84 valence electrons. The number of hydrogen-bond acceptors (Lipinski definition) is 4. The van der Waals surface area contributed by atoms with E-state index in [-0.39, 0.29) is 11.2 Å². The fraction of sp³-hybridized carbons (Fsp3) is 0.400. The molecule has 1 rings (SSSR count). The van der Waals surface area contributed by atoms with Crippen LogP contribution in [-0.4, -0.2) is 29.9 Å². The summed E-state index contributed by atoms with van der Waals surface area (Å²) in [5, 5.41) is 28.7. The lowest BCUT2D eigenvalue weighted by Crippen LogP contribution is -2.27. The van der Waals surface area contributed by atoms with Crippen LogP contribution in [0.2, 0.25) is 0 Å². The van der Waals surface area contributed by atoms with Crippen LogP contribution in [0.25, 0.3) is 0 Å². The fourth-order valence-corrected chi connectivity index (χ4v) is 2.63. The molecule has 0 amide bonds. The minimum atomic E-state index is -1.60. The number of phenols is 3. The molecule has 1 aromatic carbocycles. The van der Waals surface area contributed by atoms with Gasteiger partial charge in [0.1, 0.15) is 0 Å². The summed E-state index contributed by atoms with van der Waals surface area (Å²) >= 11 is 0. The predicted octanol–water partition coefficient (Wildman–Crippen LogP) is -0.198. The average Bonchev–Trinajstić information content (AvgIpc) is 2.12. The Hall–Kier alpha value is -1.20. The zero-order valence-corrected chi connectivity index (χ0v) is 10.5. The Morgan fingerprint density at radius 3 is 2.00 bits per heavy atom. The third kappa shape index (κ3) is 2.08. The van der Waals surface area contributed by atoms with Crippen molar-refractivity contribution in [2.75, 3.05) is 0 Å². The lowest BCUT2D eigenvalue weighted by atomic mass is 9.86. The molecule has 0 bridgehead atoms. The molecule has 0 aliphatic heterocycles. The molecule has 0 aliphatic rings. The maximum Gasteiger partial charge on any atom is 0.200 e. The van der Waals surface area contributed by atoms with Gasteiger partial charge >= 0.3 is 0 Å². The molecule has 0 saturated carbocycles. The van der Waals surface area contributed by atoms with Crippen LogP contribution in [0, 0.1) is 0 Å². The van der Waals surface area contributed by atoms with Crippen LogP contribution in [0.1, 0.15) is 26.3 Å². The Balaban J connectivity index is 3.53. The van der Waals surface area contributed by atoms with E-state index in [1.165, 1.54) is 6.07 Å². The first-order valence-corrected chi connectivity index (χ1v) is 6.01. The molecule has 0 aromatic heterocycles. The van der Waals surface area contributed by atoms with Crippen LogP contribution in [0.15, 0.2) is 6.07 Å². The molecular formula is C10H16O4Si. The number of hydrogen-bond donors (Lipinski definition) is 4. The predicted molar refractivity (Wildman–Crippen MR) is 60.5 cm³/mol. The molecule has 0 spiro atoms. The average molecular weight is 228 g/mol. The number of benzene rings is 1. The van der Waals surface area contributed by atoms with Gasteiger partial charge < -0.3 is 20.1 Å². The standard InChI is InChI=1S/C10H16O4Si/c1-10(2,3)5-4-6(11)7(12)8(13)9(5)15-14/h4,11-14H,15H2,1-3H3. The molecule has 0 aliphatic carbocycles. The second kappa shape index (κ2) is 3.75. The maximum atomic E-state index is 9.59. The van der Waals surface area contributed by atoms with Gasteiger partial charge in [-0.2, -0.15) is 0 Å². The van der Waals surface area contributed by atoms with Gasteiger partial charge in [-0.3, -0.25) is 0 Å². The molecule has 15 heavy (non-hydrogen) atoms. The van der Waals surface area contributed by atoms with Gasteiger partial charge in [-0.25, -0.2) is 0 Å². The van der Waals surface area contributed by atoms with E-state index in [1.54, 1.807) is 0 Å². The Morgan fingerprint density at radius 1 is 1.07 bits per heavy atom. The Labute approximate surface area is 90.8 Å². The summed E-state index contributed by atoms with van der Waals surface area (Å²) < 4.78 is 0. The van der Waals surface area contributed by atoms with Crippen molar-refractivity contribution in [3.63, 3.8) is 0 Å². The summed E-state index contributed by atoms with van der Waals surface area (Å²) in [6.45, 7) is 5.73. The molecule has 5 heteroatoms. The highest BCUT2D eigenvalue weighted by molar-refractivity contribution is 6.48. The molecule has 0 fully saturated rings. The Bertz CT molecular complexity index is 382. The van der Waals surface area contributed by atoms with E-state index in [0.717, 1.165) is 0 Å². The first-order valence-electron chi connectivity index (χ1n) is 4.67. The molecule has 0 unspecified atom stereocenters. The van der Waals surface area contributed by atoms with Crippen LogP contribution in [0.3, 0.4) is 0 Å². The van der Waals surface area contributed by atoms with E-state index in [0.29, 0.717) is 10.8 Å². The van der Waals surface area contributed by atoms with Gasteiger partial charge in [0.15, 0.2) is 27.0 Å². The van der Waals surface area contributed by atoms with Crippen LogP contribution in [0.5, 0.6) is 17.2 Å². The Morgan fingerprint density at radius 2 is 1.60 bits per heavy atom. The van der Waals surface area contributed by atoms with E-state index in [9.17, 15) is 20.1 Å². The van der Waals surface area contributed by atoms with Crippen molar-refractivity contribution in [1.82, 2.24) is 0 Å². The van der Waals surface area contributed by atoms with E-state index in [2.05, 4.69) is 0 Å². The summed E-state index contributed by atoms with van der Waals surface area (Å²) in [4.78, 5) is 9.26. The van der Waals surface area contributed by atoms with Crippen molar-refractivity contribution < 1.29 is 20.1 Å². The topological polar surface area (TPSA) is 80.9 Å². The summed E-state index contributed by atoms with van der Waals surface area (Å²) in [5.41, 5.74) is 0.373. The normalized spacial score (nSPS) is 12.5. The van der Waals surface area contributed by atoms with Gasteiger partial charge in [0.2, 0.25) is 0 Å². The highest BCUT2D eigenvalue weighted by atomic mass is 28.2. The summed E-state index contributed by atoms with van der Waals surface area (Å²) in [6, 6.07) is 1.40. The molecule has 1 aromatic rings. The van der Waals surface area contributed by atoms with Gasteiger partial charge in [0.05, 0.1) is 0 Å². The van der Waals surface area contributed by atoms with Crippen LogP contribution in [-0.2, 0) is 5.41 Å². The molecule has 0 atom stereocenters. The number of rotatable bonds is 1. The Kier molecular flexibility index (Phi) is 2.97. The lowest BCUT2D eigenvalue weighted by molar-refractivity contribution is 0.367. The number of phenolic OH excluding ortho intramolecular Hbond substituents is 3. The third-order valence-electron chi connectivity index (χ3n) is 2.33. The van der Waals surface area contributed by atoms with E-state index in [1.807, 2.05) is 20.8 Å². The first kappa shape index (κ1) is 11.9. The van der Waals surface area contributed by atoms with E-state index >= 15 is 0 Å². The SMILES string of the molecule is CC(C)(C)c1cc(O)c(O)c(O)c1[SiH2]O. The second-order valence-corrected chi connectivity index (χ2v) is 5.55. The maximum absolute atomic E-state index is 9.59.